The van der Waals surface area contributed by atoms with Gasteiger partial charge in [0.15, 0.2) is 12.6 Å². The molecule has 0 bridgehead atoms. The molecule has 0 aromatic rings. The lowest BCUT2D eigenvalue weighted by Gasteiger charge is -2.27. The van der Waals surface area contributed by atoms with Gasteiger partial charge < -0.3 is 33.5 Å². The number of aliphatic hydroxyl groups is 1. The lowest BCUT2D eigenvalue weighted by Crippen LogP contribution is -2.32. The summed E-state index contributed by atoms with van der Waals surface area (Å²) < 4.78 is 31.7. The third kappa shape index (κ3) is 19.8. The van der Waals surface area contributed by atoms with Crippen LogP contribution < -0.4 is 0 Å². The van der Waals surface area contributed by atoms with E-state index in [-0.39, 0.29) is 48.2 Å². The molecule has 230 valence electrons. The molecule has 4 atom stereocenters. The second-order valence-electron chi connectivity index (χ2n) is 11.4. The monoisotopic (exact) mass is 552 g/mol. The Morgan fingerprint density at radius 3 is 1.00 bits per heavy atom. The zero-order valence-corrected chi connectivity index (χ0v) is 27.0. The van der Waals surface area contributed by atoms with Crippen LogP contribution in [0.1, 0.15) is 94.9 Å². The van der Waals surface area contributed by atoms with Crippen molar-refractivity contribution in [1.29, 1.82) is 0 Å². The van der Waals surface area contributed by atoms with Gasteiger partial charge in [-0.2, -0.15) is 0 Å². The molecule has 0 spiro atoms. The number of hydrogen-bond donors (Lipinski definition) is 1. The van der Waals surface area contributed by atoms with Gasteiger partial charge in [0.1, 0.15) is 11.2 Å². The molecule has 1 N–H and O–H groups in total. The summed E-state index contributed by atoms with van der Waals surface area (Å²) in [7, 11) is 7.44. The lowest BCUT2D eigenvalue weighted by molar-refractivity contribution is -0.166. The summed E-state index contributed by atoms with van der Waals surface area (Å²) in [5.41, 5.74) is -0.870. The van der Waals surface area contributed by atoms with Gasteiger partial charge in [0.25, 0.3) is 0 Å². The molecule has 0 aliphatic rings. The summed E-state index contributed by atoms with van der Waals surface area (Å²) in [4.78, 5) is 24.0. The van der Waals surface area contributed by atoms with Crippen molar-refractivity contribution in [2.24, 2.45) is 23.7 Å². The van der Waals surface area contributed by atoms with Crippen molar-refractivity contribution in [1.82, 2.24) is 0 Å². The highest BCUT2D eigenvalue weighted by Gasteiger charge is 2.29. The van der Waals surface area contributed by atoms with E-state index in [2.05, 4.69) is 0 Å². The van der Waals surface area contributed by atoms with Crippen LogP contribution in [0.25, 0.3) is 0 Å². The summed E-state index contributed by atoms with van der Waals surface area (Å²) >= 11 is 0. The van der Waals surface area contributed by atoms with Gasteiger partial charge in [0.05, 0.1) is 11.8 Å². The molecule has 0 fully saturated rings. The fourth-order valence-electron chi connectivity index (χ4n) is 3.87. The molecule has 0 aliphatic carbocycles. The molecule has 0 saturated heterocycles. The number of hydrogen-bond acceptors (Lipinski definition) is 9. The summed E-state index contributed by atoms with van der Waals surface area (Å²) in [6.07, 6.45) is 2.39. The Bertz CT molecular complexity index is 536. The van der Waals surface area contributed by atoms with Crippen LogP contribution in [0.4, 0.5) is 0 Å². The standard InChI is InChI=1S/2C14H28O4.CH4O/c2*1-8-11(12(15)18-14(3,4)5)9-10(2)13(16-6)17-7;1-2/h2*10-11,13H,8-9H2,1-7H3;2H,1H3. The molecule has 4 unspecified atom stereocenters. The first-order valence-electron chi connectivity index (χ1n) is 13.5. The van der Waals surface area contributed by atoms with Crippen LogP contribution in [-0.4, -0.2) is 76.4 Å². The van der Waals surface area contributed by atoms with Crippen LogP contribution in [0.2, 0.25) is 0 Å². The molecule has 0 amide bonds. The van der Waals surface area contributed by atoms with Gasteiger partial charge in [-0.1, -0.05) is 27.7 Å². The van der Waals surface area contributed by atoms with Crippen LogP contribution in [0.15, 0.2) is 0 Å². The minimum Gasteiger partial charge on any atom is -0.460 e. The number of ether oxygens (including phenoxy) is 6. The van der Waals surface area contributed by atoms with Crippen molar-refractivity contribution in [3.8, 4) is 0 Å². The third-order valence-electron chi connectivity index (χ3n) is 5.64. The molecule has 0 aliphatic heterocycles. The van der Waals surface area contributed by atoms with E-state index < -0.39 is 11.2 Å². The average Bonchev–Trinajstić information content (AvgIpc) is 2.81. The number of aliphatic hydroxyl groups excluding tert-OH is 1. The Hall–Kier alpha value is -1.26. The smallest absolute Gasteiger partial charge is 0.309 e. The second-order valence-corrected chi connectivity index (χ2v) is 11.4. The van der Waals surface area contributed by atoms with E-state index in [9.17, 15) is 9.59 Å². The SMILES string of the molecule is CCC(CC(C)C(OC)OC)C(=O)OC(C)(C)C.CCC(CC(C)C(OC)OC)C(=O)OC(C)(C)C.CO. The maximum atomic E-state index is 12.0. The molecule has 0 aromatic heterocycles. The summed E-state index contributed by atoms with van der Waals surface area (Å²) in [5.74, 6) is -0.181. The van der Waals surface area contributed by atoms with Crippen LogP contribution >= 0.6 is 0 Å². The molecule has 0 rings (SSSR count). The summed E-state index contributed by atoms with van der Waals surface area (Å²) in [5, 5.41) is 7.00. The summed E-state index contributed by atoms with van der Waals surface area (Å²) in [6, 6.07) is 0. The summed E-state index contributed by atoms with van der Waals surface area (Å²) in [6.45, 7) is 19.3. The Labute approximate surface area is 233 Å². The average molecular weight is 553 g/mol. The molecule has 9 nitrogen and oxygen atoms in total. The third-order valence-corrected chi connectivity index (χ3v) is 5.64. The molecule has 0 saturated carbocycles. The van der Waals surface area contributed by atoms with Gasteiger partial charge in [-0.05, 0) is 67.2 Å². The number of esters is 2. The van der Waals surface area contributed by atoms with Crippen molar-refractivity contribution in [3.05, 3.63) is 0 Å². The van der Waals surface area contributed by atoms with Crippen LogP contribution in [0, 0.1) is 23.7 Å². The fraction of sp³-hybridized carbons (Fsp3) is 0.931. The molecule has 9 heteroatoms. The highest BCUT2D eigenvalue weighted by molar-refractivity contribution is 5.73. The maximum absolute atomic E-state index is 12.0. The van der Waals surface area contributed by atoms with Crippen LogP contribution in [0.5, 0.6) is 0 Å². The zero-order chi connectivity index (χ0) is 30.7. The highest BCUT2D eigenvalue weighted by atomic mass is 16.7. The van der Waals surface area contributed by atoms with Gasteiger partial charge in [-0.25, -0.2) is 0 Å². The molecule has 0 aromatic carbocycles. The Morgan fingerprint density at radius 1 is 0.605 bits per heavy atom. The molecule has 0 radical (unpaired) electrons. The topological polar surface area (TPSA) is 110 Å². The van der Waals surface area contributed by atoms with Crippen LogP contribution in [-0.2, 0) is 38.0 Å². The van der Waals surface area contributed by atoms with Gasteiger partial charge in [0, 0.05) is 47.4 Å². The first-order valence-corrected chi connectivity index (χ1v) is 13.5. The minimum absolute atomic E-state index is 0.105. The Kier molecular flexibility index (Phi) is 23.4. The van der Waals surface area contributed by atoms with Gasteiger partial charge in [-0.3, -0.25) is 9.59 Å². The van der Waals surface area contributed by atoms with Crippen LogP contribution in [0.3, 0.4) is 0 Å². The van der Waals surface area contributed by atoms with Gasteiger partial charge in [-0.15, -0.1) is 0 Å². The largest absolute Gasteiger partial charge is 0.460 e. The van der Waals surface area contributed by atoms with E-state index >= 15 is 0 Å². The molecular formula is C29H60O9. The molecule has 38 heavy (non-hydrogen) atoms. The van der Waals surface area contributed by atoms with E-state index in [0.717, 1.165) is 20.0 Å². The number of rotatable bonds is 14. The number of carbonyl (C=O) groups excluding carboxylic acids is 2. The van der Waals surface area contributed by atoms with E-state index in [1.54, 1.807) is 28.4 Å². The second kappa shape index (κ2) is 21.5. The minimum atomic E-state index is -0.435. The van der Waals surface area contributed by atoms with Crippen molar-refractivity contribution >= 4 is 11.9 Å². The fourth-order valence-corrected chi connectivity index (χ4v) is 3.87. The van der Waals surface area contributed by atoms with E-state index in [4.69, 9.17) is 33.5 Å². The molecule has 0 heterocycles. The van der Waals surface area contributed by atoms with Crippen molar-refractivity contribution in [3.63, 3.8) is 0 Å². The van der Waals surface area contributed by atoms with Gasteiger partial charge >= 0.3 is 11.9 Å². The predicted octanol–water partition coefficient (Wildman–Crippen LogP) is 5.61. The number of methoxy groups -OCH3 is 4. The quantitative estimate of drug-likeness (QED) is 0.217. The van der Waals surface area contributed by atoms with Crippen molar-refractivity contribution in [2.75, 3.05) is 35.5 Å². The predicted molar refractivity (Wildman–Crippen MR) is 151 cm³/mol. The maximum Gasteiger partial charge on any atom is 0.309 e. The first kappa shape index (κ1) is 41.2. The highest BCUT2D eigenvalue weighted by Crippen LogP contribution is 2.24. The normalized spacial score (nSPS) is 14.9. The molecular weight excluding hydrogens is 492 g/mol. The van der Waals surface area contributed by atoms with E-state index in [1.807, 2.05) is 69.2 Å². The lowest BCUT2D eigenvalue weighted by atomic mass is 9.93. The van der Waals surface area contributed by atoms with Gasteiger partial charge in [0.2, 0.25) is 0 Å². The Morgan fingerprint density at radius 2 is 0.842 bits per heavy atom. The Balaban J connectivity index is -0.000000605. The van der Waals surface area contributed by atoms with E-state index in [1.165, 1.54) is 0 Å². The van der Waals surface area contributed by atoms with E-state index in [0.29, 0.717) is 12.8 Å². The zero-order valence-electron chi connectivity index (χ0n) is 27.0. The van der Waals surface area contributed by atoms with Crippen molar-refractivity contribution < 1.29 is 43.1 Å². The number of carbonyl (C=O) groups is 2. The first-order chi connectivity index (χ1) is 17.5. The van der Waals surface area contributed by atoms with Crippen molar-refractivity contribution in [2.45, 2.75) is 119 Å².